The fourth-order valence-corrected chi connectivity index (χ4v) is 5.36. The van der Waals surface area contributed by atoms with Gasteiger partial charge >= 0.3 is 5.97 Å². The lowest BCUT2D eigenvalue weighted by Gasteiger charge is -2.31. The van der Waals surface area contributed by atoms with Gasteiger partial charge in [0.25, 0.3) is 0 Å². The zero-order valence-corrected chi connectivity index (χ0v) is 21.4. The summed E-state index contributed by atoms with van der Waals surface area (Å²) in [5.74, 6) is 0.670. The Morgan fingerprint density at radius 3 is 2.16 bits per heavy atom. The number of ether oxygens (including phenoxy) is 3. The van der Waals surface area contributed by atoms with Crippen molar-refractivity contribution in [3.8, 4) is 11.5 Å². The molecule has 0 aliphatic carbocycles. The summed E-state index contributed by atoms with van der Waals surface area (Å²) >= 11 is 0. The Morgan fingerprint density at radius 1 is 0.865 bits per heavy atom. The van der Waals surface area contributed by atoms with E-state index < -0.39 is 6.04 Å². The summed E-state index contributed by atoms with van der Waals surface area (Å²) in [5.41, 5.74) is 11.0. The van der Waals surface area contributed by atoms with Crippen molar-refractivity contribution in [1.82, 2.24) is 10.9 Å². The van der Waals surface area contributed by atoms with Crippen LogP contribution in [0.1, 0.15) is 46.1 Å². The number of hydrazine groups is 1. The third kappa shape index (κ3) is 4.43. The smallest absolute Gasteiger partial charge is 0.338 e. The van der Waals surface area contributed by atoms with Crippen molar-refractivity contribution in [3.05, 3.63) is 89.0 Å². The molecule has 2 heterocycles. The van der Waals surface area contributed by atoms with E-state index in [0.29, 0.717) is 29.4 Å². The summed E-state index contributed by atoms with van der Waals surface area (Å²) in [6, 6.07) is 20.3. The van der Waals surface area contributed by atoms with Crippen LogP contribution in [0.15, 0.2) is 66.7 Å². The molecule has 2 aliphatic rings. The van der Waals surface area contributed by atoms with E-state index in [2.05, 4.69) is 42.0 Å². The molecule has 8 nitrogen and oxygen atoms in total. The van der Waals surface area contributed by atoms with Gasteiger partial charge in [-0.2, -0.15) is 0 Å². The predicted octanol–water partition coefficient (Wildman–Crippen LogP) is 4.11. The minimum Gasteiger partial charge on any atom is -0.493 e. The van der Waals surface area contributed by atoms with Gasteiger partial charge in [-0.3, -0.25) is 4.79 Å². The lowest BCUT2D eigenvalue weighted by Crippen LogP contribution is -2.41. The van der Waals surface area contributed by atoms with E-state index in [1.165, 1.54) is 5.56 Å². The third-order valence-corrected chi connectivity index (χ3v) is 7.15. The number of esters is 1. The van der Waals surface area contributed by atoms with Crippen molar-refractivity contribution >= 4 is 17.6 Å². The van der Waals surface area contributed by atoms with E-state index in [4.69, 9.17) is 14.2 Å². The van der Waals surface area contributed by atoms with Crippen LogP contribution in [0.4, 0.5) is 5.69 Å². The molecule has 0 bridgehead atoms. The number of amides is 1. The molecule has 4 unspecified atom stereocenters. The summed E-state index contributed by atoms with van der Waals surface area (Å²) in [6.07, 6.45) is 0. The largest absolute Gasteiger partial charge is 0.493 e. The van der Waals surface area contributed by atoms with Gasteiger partial charge < -0.3 is 19.1 Å². The molecule has 192 valence electrons. The van der Waals surface area contributed by atoms with Crippen LogP contribution in [0.5, 0.6) is 11.5 Å². The SMILES string of the molecule is CCOC(=O)c1ccc(N2C(=O)C3NNC(c4ccc(C)cc4)C3C2c2ccc(OC)c(OC)c2)cc1. The Balaban J connectivity index is 1.59. The van der Waals surface area contributed by atoms with E-state index in [1.54, 1.807) is 45.4 Å². The van der Waals surface area contributed by atoms with Crippen LogP contribution < -0.4 is 25.2 Å². The Kier molecular flexibility index (Phi) is 6.86. The van der Waals surface area contributed by atoms with E-state index in [1.807, 2.05) is 23.1 Å². The molecule has 3 aromatic carbocycles. The Hall–Kier alpha value is -3.88. The first-order valence-electron chi connectivity index (χ1n) is 12.4. The topological polar surface area (TPSA) is 89.1 Å². The van der Waals surface area contributed by atoms with Crippen molar-refractivity contribution in [3.63, 3.8) is 0 Å². The number of aryl methyl sites for hydroxylation is 1. The van der Waals surface area contributed by atoms with Gasteiger partial charge in [-0.15, -0.1) is 0 Å². The minimum atomic E-state index is -0.436. The maximum atomic E-state index is 13.9. The zero-order valence-electron chi connectivity index (χ0n) is 21.4. The summed E-state index contributed by atoms with van der Waals surface area (Å²) in [6.45, 7) is 4.13. The number of rotatable bonds is 7. The van der Waals surface area contributed by atoms with E-state index in [0.717, 1.165) is 11.1 Å². The van der Waals surface area contributed by atoms with Gasteiger partial charge in [0.2, 0.25) is 5.91 Å². The highest BCUT2D eigenvalue weighted by atomic mass is 16.5. The lowest BCUT2D eigenvalue weighted by atomic mass is 9.83. The number of nitrogens with one attached hydrogen (secondary N) is 2. The number of carbonyl (C=O) groups is 2. The molecular formula is C29H31N3O5. The fraction of sp³-hybridized carbons (Fsp3) is 0.310. The van der Waals surface area contributed by atoms with E-state index in [9.17, 15) is 9.59 Å². The van der Waals surface area contributed by atoms with E-state index >= 15 is 0 Å². The van der Waals surface area contributed by atoms with Gasteiger partial charge in [-0.1, -0.05) is 35.9 Å². The van der Waals surface area contributed by atoms with Gasteiger partial charge in [-0.25, -0.2) is 15.6 Å². The van der Waals surface area contributed by atoms with Crippen molar-refractivity contribution in [2.75, 3.05) is 25.7 Å². The summed E-state index contributed by atoms with van der Waals surface area (Å²) in [7, 11) is 3.20. The Bertz CT molecular complexity index is 1290. The Labute approximate surface area is 216 Å². The molecule has 8 heteroatoms. The number of anilines is 1. The molecule has 37 heavy (non-hydrogen) atoms. The molecular weight excluding hydrogens is 470 g/mol. The molecule has 2 fully saturated rings. The number of carbonyl (C=O) groups excluding carboxylic acids is 2. The van der Waals surface area contributed by atoms with Crippen LogP contribution in [-0.4, -0.2) is 38.7 Å². The van der Waals surface area contributed by atoms with Gasteiger partial charge in [0.05, 0.1) is 38.5 Å². The van der Waals surface area contributed by atoms with Crippen LogP contribution in [0, 0.1) is 12.8 Å². The average molecular weight is 502 g/mol. The van der Waals surface area contributed by atoms with Gasteiger partial charge in [0, 0.05) is 11.6 Å². The molecule has 0 spiro atoms. The Morgan fingerprint density at radius 2 is 1.51 bits per heavy atom. The van der Waals surface area contributed by atoms with Gasteiger partial charge in [0.1, 0.15) is 6.04 Å². The van der Waals surface area contributed by atoms with E-state index in [-0.39, 0.29) is 29.9 Å². The second-order valence-corrected chi connectivity index (χ2v) is 9.27. The number of nitrogens with zero attached hydrogens (tertiary/aromatic N) is 1. The van der Waals surface area contributed by atoms with Crippen LogP contribution in [-0.2, 0) is 9.53 Å². The molecule has 2 saturated heterocycles. The monoisotopic (exact) mass is 501 g/mol. The first-order chi connectivity index (χ1) is 18.0. The molecule has 0 aromatic heterocycles. The van der Waals surface area contributed by atoms with Crippen molar-refractivity contribution < 1.29 is 23.8 Å². The molecule has 0 saturated carbocycles. The average Bonchev–Trinajstić information content (AvgIpc) is 3.48. The minimum absolute atomic E-state index is 0.0456. The highest BCUT2D eigenvalue weighted by Gasteiger charge is 2.56. The maximum absolute atomic E-state index is 13.9. The number of methoxy groups -OCH3 is 2. The van der Waals surface area contributed by atoms with Crippen molar-refractivity contribution in [2.24, 2.45) is 5.92 Å². The molecule has 2 N–H and O–H groups in total. The lowest BCUT2D eigenvalue weighted by molar-refractivity contribution is -0.119. The van der Waals surface area contributed by atoms with Crippen molar-refractivity contribution in [2.45, 2.75) is 32.0 Å². The van der Waals surface area contributed by atoms with Crippen LogP contribution in [0.2, 0.25) is 0 Å². The second kappa shape index (κ2) is 10.2. The van der Waals surface area contributed by atoms with Crippen LogP contribution >= 0.6 is 0 Å². The molecule has 3 aromatic rings. The molecule has 5 rings (SSSR count). The first-order valence-corrected chi connectivity index (χ1v) is 12.4. The molecule has 0 radical (unpaired) electrons. The normalized spacial score (nSPS) is 22.6. The summed E-state index contributed by atoms with van der Waals surface area (Å²) < 4.78 is 16.2. The molecule has 2 aliphatic heterocycles. The second-order valence-electron chi connectivity index (χ2n) is 9.27. The van der Waals surface area contributed by atoms with Gasteiger partial charge in [0.15, 0.2) is 11.5 Å². The first kappa shape index (κ1) is 24.8. The summed E-state index contributed by atoms with van der Waals surface area (Å²) in [4.78, 5) is 27.9. The molecule has 1 amide bonds. The number of benzene rings is 3. The predicted molar refractivity (Wildman–Crippen MR) is 140 cm³/mol. The highest BCUT2D eigenvalue weighted by Crippen LogP contribution is 2.50. The van der Waals surface area contributed by atoms with Crippen LogP contribution in [0.3, 0.4) is 0 Å². The maximum Gasteiger partial charge on any atom is 0.338 e. The summed E-state index contributed by atoms with van der Waals surface area (Å²) in [5, 5.41) is 0. The quantitative estimate of drug-likeness (QED) is 0.471. The van der Waals surface area contributed by atoms with Crippen molar-refractivity contribution in [1.29, 1.82) is 0 Å². The third-order valence-electron chi connectivity index (χ3n) is 7.15. The standard InChI is InChI=1S/C29H31N3O5/c1-5-37-29(34)19-10-13-21(14-11-19)32-27(20-12-15-22(35-3)23(16-20)36-4)24-25(30-31-26(24)28(32)33)18-8-6-17(2)7-9-18/h6-16,24-27,30-31H,5H2,1-4H3. The highest BCUT2D eigenvalue weighted by molar-refractivity contribution is 6.02. The number of fused-ring (bicyclic) bond motifs is 1. The number of hydrogen-bond acceptors (Lipinski definition) is 7. The molecule has 4 atom stereocenters. The van der Waals surface area contributed by atoms with Crippen LogP contribution in [0.25, 0.3) is 0 Å². The number of hydrogen-bond donors (Lipinski definition) is 2. The zero-order chi connectivity index (χ0) is 26.1. The fourth-order valence-electron chi connectivity index (χ4n) is 5.36. The van der Waals surface area contributed by atoms with Gasteiger partial charge in [-0.05, 0) is 61.4 Å².